The number of rotatable bonds is 4. The SMILES string of the molecule is Cc1ccc(NC(=O)Nc2cc(C(F)(F)F)cc(C(F)(F)F)c2)cc1Oc1ccc(C#N)cc1. The predicted molar refractivity (Wildman–Crippen MR) is 111 cm³/mol. The quantitative estimate of drug-likeness (QED) is 0.385. The van der Waals surface area contributed by atoms with E-state index < -0.39 is 35.2 Å². The lowest BCUT2D eigenvalue weighted by atomic mass is 10.1. The van der Waals surface area contributed by atoms with Crippen molar-refractivity contribution in [3.8, 4) is 17.6 Å². The Bertz CT molecular complexity index is 1210. The van der Waals surface area contributed by atoms with Crippen LogP contribution in [-0.4, -0.2) is 6.03 Å². The Morgan fingerprint density at radius 1 is 0.824 bits per heavy atom. The summed E-state index contributed by atoms with van der Waals surface area (Å²) < 4.78 is 83.7. The number of halogens is 6. The third kappa shape index (κ3) is 6.19. The summed E-state index contributed by atoms with van der Waals surface area (Å²) >= 11 is 0. The van der Waals surface area contributed by atoms with Gasteiger partial charge in [-0.3, -0.25) is 0 Å². The zero-order valence-corrected chi connectivity index (χ0v) is 17.3. The number of hydrogen-bond donors (Lipinski definition) is 2. The van der Waals surface area contributed by atoms with Crippen molar-refractivity contribution < 1.29 is 35.9 Å². The van der Waals surface area contributed by atoms with Crippen molar-refractivity contribution >= 4 is 17.4 Å². The Hall–Kier alpha value is -4.20. The molecule has 0 atom stereocenters. The van der Waals surface area contributed by atoms with E-state index in [1.807, 2.05) is 11.4 Å². The summed E-state index contributed by atoms with van der Waals surface area (Å²) in [6.07, 6.45) is -10.1. The van der Waals surface area contributed by atoms with Crippen LogP contribution in [0, 0.1) is 18.3 Å². The van der Waals surface area contributed by atoms with Gasteiger partial charge >= 0.3 is 18.4 Å². The Kier molecular flexibility index (Phi) is 6.72. The second kappa shape index (κ2) is 9.35. The zero-order chi connectivity index (χ0) is 25.1. The fourth-order valence-electron chi connectivity index (χ4n) is 2.83. The topological polar surface area (TPSA) is 74.2 Å². The molecule has 2 N–H and O–H groups in total. The maximum Gasteiger partial charge on any atom is 0.416 e. The highest BCUT2D eigenvalue weighted by atomic mass is 19.4. The van der Waals surface area contributed by atoms with Crippen LogP contribution in [0.1, 0.15) is 22.3 Å². The Labute approximate surface area is 189 Å². The van der Waals surface area contributed by atoms with Crippen molar-refractivity contribution in [1.29, 1.82) is 5.26 Å². The third-order valence-electron chi connectivity index (χ3n) is 4.50. The van der Waals surface area contributed by atoms with E-state index in [0.717, 1.165) is 0 Å². The van der Waals surface area contributed by atoms with Gasteiger partial charge in [0.15, 0.2) is 0 Å². The van der Waals surface area contributed by atoms with Gasteiger partial charge < -0.3 is 15.4 Å². The first-order valence-electron chi connectivity index (χ1n) is 9.51. The van der Waals surface area contributed by atoms with Crippen LogP contribution in [0.5, 0.6) is 11.5 Å². The first-order valence-corrected chi connectivity index (χ1v) is 9.51. The molecule has 0 aliphatic rings. The standard InChI is InChI=1S/C23H15F6N3O2/c1-13-2-5-17(11-20(13)34-19-6-3-14(12-30)4-7-19)31-21(33)32-18-9-15(22(24,25)26)8-16(10-18)23(27,28)29/h2-11H,1H3,(H2,31,32,33). The second-order valence-electron chi connectivity index (χ2n) is 7.09. The van der Waals surface area contributed by atoms with Crippen molar-refractivity contribution in [2.24, 2.45) is 0 Å². The van der Waals surface area contributed by atoms with Crippen LogP contribution in [0.4, 0.5) is 42.5 Å². The van der Waals surface area contributed by atoms with E-state index >= 15 is 0 Å². The van der Waals surface area contributed by atoms with Gasteiger partial charge in [-0.25, -0.2) is 4.79 Å². The molecule has 3 rings (SSSR count). The molecule has 5 nitrogen and oxygen atoms in total. The molecule has 3 aromatic rings. The summed E-state index contributed by atoms with van der Waals surface area (Å²) in [5.41, 5.74) is -2.49. The number of nitriles is 1. The van der Waals surface area contributed by atoms with Crippen LogP contribution in [0.3, 0.4) is 0 Å². The fraction of sp³-hybridized carbons (Fsp3) is 0.130. The van der Waals surface area contributed by atoms with Gasteiger partial charge in [0.05, 0.1) is 22.8 Å². The number of nitrogens with one attached hydrogen (secondary N) is 2. The minimum Gasteiger partial charge on any atom is -0.457 e. The monoisotopic (exact) mass is 479 g/mol. The number of urea groups is 1. The van der Waals surface area contributed by atoms with E-state index in [9.17, 15) is 31.1 Å². The fourth-order valence-corrected chi connectivity index (χ4v) is 2.83. The highest BCUT2D eigenvalue weighted by molar-refractivity contribution is 6.00. The van der Waals surface area contributed by atoms with Gasteiger partial charge in [-0.1, -0.05) is 6.07 Å². The van der Waals surface area contributed by atoms with Gasteiger partial charge in [0.1, 0.15) is 11.5 Å². The molecule has 2 amide bonds. The first-order chi connectivity index (χ1) is 15.8. The smallest absolute Gasteiger partial charge is 0.416 e. The summed E-state index contributed by atoms with van der Waals surface area (Å²) in [6, 6.07) is 12.4. The number of carbonyl (C=O) groups is 1. The number of ether oxygens (including phenoxy) is 1. The number of carbonyl (C=O) groups excluding carboxylic acids is 1. The van der Waals surface area contributed by atoms with Crippen LogP contribution in [0.25, 0.3) is 0 Å². The zero-order valence-electron chi connectivity index (χ0n) is 17.3. The second-order valence-corrected chi connectivity index (χ2v) is 7.09. The van der Waals surface area contributed by atoms with Gasteiger partial charge in [0.2, 0.25) is 0 Å². The van der Waals surface area contributed by atoms with E-state index in [1.165, 1.54) is 12.1 Å². The number of nitrogens with zero attached hydrogens (tertiary/aromatic N) is 1. The number of benzene rings is 3. The molecule has 3 aromatic carbocycles. The van der Waals surface area contributed by atoms with Crippen molar-refractivity contribution in [3.05, 3.63) is 82.9 Å². The number of amides is 2. The number of alkyl halides is 6. The Morgan fingerprint density at radius 2 is 1.38 bits per heavy atom. The molecule has 0 saturated carbocycles. The van der Waals surface area contributed by atoms with Crippen LogP contribution in [0.2, 0.25) is 0 Å². The molecule has 0 unspecified atom stereocenters. The molecule has 0 radical (unpaired) electrons. The first kappa shape index (κ1) is 24.4. The van der Waals surface area contributed by atoms with E-state index in [1.54, 1.807) is 37.3 Å². The minimum absolute atomic E-state index is 0.0319. The maximum absolute atomic E-state index is 13.0. The molecule has 176 valence electrons. The number of anilines is 2. The summed E-state index contributed by atoms with van der Waals surface area (Å²) in [6.45, 7) is 1.73. The summed E-state index contributed by atoms with van der Waals surface area (Å²) in [4.78, 5) is 12.3. The number of aryl methyl sites for hydroxylation is 1. The molecule has 0 saturated heterocycles. The lowest BCUT2D eigenvalue weighted by Gasteiger charge is -2.15. The van der Waals surface area contributed by atoms with Crippen molar-refractivity contribution in [3.63, 3.8) is 0 Å². The van der Waals surface area contributed by atoms with Crippen LogP contribution < -0.4 is 15.4 Å². The molecule has 0 aliphatic carbocycles. The summed E-state index contributed by atoms with van der Waals surface area (Å²) in [5.74, 6) is 0.744. The average Bonchev–Trinajstić information content (AvgIpc) is 2.75. The Balaban J connectivity index is 1.78. The highest BCUT2D eigenvalue weighted by Crippen LogP contribution is 2.37. The normalized spacial score (nSPS) is 11.5. The van der Waals surface area contributed by atoms with Gasteiger partial charge in [-0.2, -0.15) is 31.6 Å². The molecule has 11 heteroatoms. The molecular weight excluding hydrogens is 464 g/mol. The molecule has 0 bridgehead atoms. The molecule has 0 spiro atoms. The van der Waals surface area contributed by atoms with Gasteiger partial charge in [0, 0.05) is 17.4 Å². The molecule has 34 heavy (non-hydrogen) atoms. The molecule has 0 heterocycles. The molecular formula is C23H15F6N3O2. The van der Waals surface area contributed by atoms with E-state index in [-0.39, 0.29) is 11.8 Å². The Morgan fingerprint density at radius 3 is 1.91 bits per heavy atom. The maximum atomic E-state index is 13.0. The lowest BCUT2D eigenvalue weighted by Crippen LogP contribution is -2.20. The molecule has 0 aliphatic heterocycles. The minimum atomic E-state index is -5.04. The van der Waals surface area contributed by atoms with Gasteiger partial charge in [-0.15, -0.1) is 0 Å². The summed E-state index contributed by atoms with van der Waals surface area (Å²) in [7, 11) is 0. The number of hydrogen-bond acceptors (Lipinski definition) is 3. The molecule has 0 aromatic heterocycles. The van der Waals surface area contributed by atoms with Crippen LogP contribution >= 0.6 is 0 Å². The van der Waals surface area contributed by atoms with Crippen molar-refractivity contribution in [2.75, 3.05) is 10.6 Å². The van der Waals surface area contributed by atoms with Crippen LogP contribution in [0.15, 0.2) is 60.7 Å². The largest absolute Gasteiger partial charge is 0.457 e. The lowest BCUT2D eigenvalue weighted by molar-refractivity contribution is -0.143. The van der Waals surface area contributed by atoms with Crippen LogP contribution in [-0.2, 0) is 12.4 Å². The van der Waals surface area contributed by atoms with Gasteiger partial charge in [-0.05, 0) is 61.0 Å². The average molecular weight is 479 g/mol. The van der Waals surface area contributed by atoms with Crippen molar-refractivity contribution in [1.82, 2.24) is 0 Å². The third-order valence-corrected chi connectivity index (χ3v) is 4.50. The van der Waals surface area contributed by atoms with Crippen molar-refractivity contribution in [2.45, 2.75) is 19.3 Å². The van der Waals surface area contributed by atoms with E-state index in [2.05, 4.69) is 5.32 Å². The molecule has 0 fully saturated rings. The van der Waals surface area contributed by atoms with Gasteiger partial charge in [0.25, 0.3) is 0 Å². The highest BCUT2D eigenvalue weighted by Gasteiger charge is 2.37. The van der Waals surface area contributed by atoms with E-state index in [4.69, 9.17) is 10.00 Å². The van der Waals surface area contributed by atoms with E-state index in [0.29, 0.717) is 34.8 Å². The predicted octanol–water partition coefficient (Wildman–Crippen LogP) is 7.34. The summed E-state index contributed by atoms with van der Waals surface area (Å²) in [5, 5.41) is 13.2.